The first-order chi connectivity index (χ1) is 9.08. The number of nitrogens with one attached hydrogen (secondary N) is 2. The van der Waals surface area contributed by atoms with E-state index in [0.29, 0.717) is 6.42 Å². The van der Waals surface area contributed by atoms with Crippen LogP contribution < -0.4 is 10.6 Å². The highest BCUT2D eigenvalue weighted by molar-refractivity contribution is 5.89. The van der Waals surface area contributed by atoms with Crippen LogP contribution in [0.3, 0.4) is 0 Å². The van der Waals surface area contributed by atoms with Crippen molar-refractivity contribution >= 4 is 11.7 Å². The number of hydrogen-bond donors (Lipinski definition) is 3. The van der Waals surface area contributed by atoms with Crippen molar-refractivity contribution in [2.45, 2.75) is 12.5 Å². The van der Waals surface area contributed by atoms with Crippen molar-refractivity contribution in [2.24, 2.45) is 5.92 Å². The van der Waals surface area contributed by atoms with E-state index in [1.165, 1.54) is 6.07 Å². The predicted octanol–water partition coefficient (Wildman–Crippen LogP) is 2.02. The van der Waals surface area contributed by atoms with Crippen LogP contribution in [0.1, 0.15) is 6.42 Å². The Morgan fingerprint density at radius 2 is 2.11 bits per heavy atom. The Kier molecular flexibility index (Phi) is 4.11. The second kappa shape index (κ2) is 5.79. The molecule has 2 atom stereocenters. The van der Waals surface area contributed by atoms with Crippen LogP contribution in [-0.4, -0.2) is 23.8 Å². The van der Waals surface area contributed by atoms with Crippen molar-refractivity contribution in [3.05, 3.63) is 42.0 Å². The summed E-state index contributed by atoms with van der Waals surface area (Å²) in [5.41, 5.74) is 0.178. The molecule has 0 radical (unpaired) electrons. The molecule has 102 valence electrons. The van der Waals surface area contributed by atoms with Crippen molar-refractivity contribution in [3.63, 3.8) is 0 Å². The second-order valence-electron chi connectivity index (χ2n) is 4.40. The fourth-order valence-electron chi connectivity index (χ4n) is 1.93. The van der Waals surface area contributed by atoms with Crippen LogP contribution in [0.25, 0.3) is 0 Å². The van der Waals surface area contributed by atoms with Gasteiger partial charge in [-0.15, -0.1) is 0 Å². The Morgan fingerprint density at radius 3 is 2.74 bits per heavy atom. The molecule has 1 aliphatic rings. The number of rotatable bonds is 3. The van der Waals surface area contributed by atoms with Crippen LogP contribution in [0.5, 0.6) is 0 Å². The number of carbonyl (C=O) groups is 1. The maximum atomic E-state index is 12.9. The molecule has 0 spiro atoms. The minimum absolute atomic E-state index is 0.0411. The first-order valence-corrected chi connectivity index (χ1v) is 5.90. The molecule has 0 saturated carbocycles. The van der Waals surface area contributed by atoms with E-state index in [0.717, 1.165) is 12.1 Å². The molecule has 19 heavy (non-hydrogen) atoms. The topological polar surface area (TPSA) is 61.4 Å². The van der Waals surface area contributed by atoms with Crippen LogP contribution in [0.4, 0.5) is 19.3 Å². The number of amides is 2. The number of halogens is 2. The van der Waals surface area contributed by atoms with Gasteiger partial charge in [0, 0.05) is 30.3 Å². The van der Waals surface area contributed by atoms with Crippen molar-refractivity contribution in [2.75, 3.05) is 11.9 Å². The Balaban J connectivity index is 1.88. The van der Waals surface area contributed by atoms with Gasteiger partial charge in [-0.1, -0.05) is 12.2 Å². The second-order valence-corrected chi connectivity index (χ2v) is 4.40. The highest BCUT2D eigenvalue weighted by atomic mass is 19.2. The van der Waals surface area contributed by atoms with Crippen molar-refractivity contribution < 1.29 is 18.7 Å². The monoisotopic (exact) mass is 268 g/mol. The quantitative estimate of drug-likeness (QED) is 0.734. The molecule has 0 saturated heterocycles. The number of anilines is 1. The molecule has 0 fully saturated rings. The maximum Gasteiger partial charge on any atom is 0.319 e. The fourth-order valence-corrected chi connectivity index (χ4v) is 1.93. The maximum absolute atomic E-state index is 12.9. The third kappa shape index (κ3) is 3.51. The summed E-state index contributed by atoms with van der Waals surface area (Å²) in [6.45, 7) is 0.0411. The van der Waals surface area contributed by atoms with Crippen molar-refractivity contribution in [3.8, 4) is 0 Å². The molecule has 1 aliphatic carbocycles. The Morgan fingerprint density at radius 1 is 1.32 bits per heavy atom. The van der Waals surface area contributed by atoms with Crippen LogP contribution in [0, 0.1) is 17.6 Å². The van der Waals surface area contributed by atoms with Gasteiger partial charge in [0.15, 0.2) is 11.6 Å². The molecule has 0 unspecified atom stereocenters. The lowest BCUT2D eigenvalue weighted by atomic mass is 10.1. The molecule has 6 heteroatoms. The molecule has 2 rings (SSSR count). The van der Waals surface area contributed by atoms with E-state index >= 15 is 0 Å². The first kappa shape index (κ1) is 13.5. The average Bonchev–Trinajstić information content (AvgIpc) is 2.81. The van der Waals surface area contributed by atoms with Gasteiger partial charge in [0.2, 0.25) is 0 Å². The molecule has 0 heterocycles. The number of carbonyl (C=O) groups excluding carboxylic acids is 1. The van der Waals surface area contributed by atoms with Crippen molar-refractivity contribution in [1.29, 1.82) is 0 Å². The van der Waals surface area contributed by atoms with E-state index in [2.05, 4.69) is 10.6 Å². The SMILES string of the molecule is O=C(Nc1ccc(F)c(F)c1)N[C@@H]1C=C[C@H](CO)C1. The van der Waals surface area contributed by atoms with Gasteiger partial charge in [-0.3, -0.25) is 0 Å². The van der Waals surface area contributed by atoms with E-state index in [-0.39, 0.29) is 24.3 Å². The highest BCUT2D eigenvalue weighted by Crippen LogP contribution is 2.17. The zero-order valence-corrected chi connectivity index (χ0v) is 10.1. The molecular weight excluding hydrogens is 254 g/mol. The molecule has 2 amide bonds. The lowest BCUT2D eigenvalue weighted by Crippen LogP contribution is -2.36. The summed E-state index contributed by atoms with van der Waals surface area (Å²) in [7, 11) is 0. The summed E-state index contributed by atoms with van der Waals surface area (Å²) in [5.74, 6) is -1.93. The zero-order valence-electron chi connectivity index (χ0n) is 10.1. The normalized spacial score (nSPS) is 21.4. The minimum atomic E-state index is -1.01. The number of urea groups is 1. The van der Waals surface area contributed by atoms with Gasteiger partial charge < -0.3 is 15.7 Å². The summed E-state index contributed by atoms with van der Waals surface area (Å²) in [5, 5.41) is 14.0. The number of hydrogen-bond acceptors (Lipinski definition) is 2. The van der Waals surface area contributed by atoms with Gasteiger partial charge in [-0.25, -0.2) is 13.6 Å². The third-order valence-electron chi connectivity index (χ3n) is 2.90. The van der Waals surface area contributed by atoms with Gasteiger partial charge in [0.25, 0.3) is 0 Å². The molecular formula is C13H14F2N2O2. The number of aliphatic hydroxyl groups excluding tert-OH is 1. The predicted molar refractivity (Wildman–Crippen MR) is 66.6 cm³/mol. The summed E-state index contributed by atoms with van der Waals surface area (Å²) < 4.78 is 25.7. The van der Waals surface area contributed by atoms with E-state index in [1.54, 1.807) is 6.08 Å². The lowest BCUT2D eigenvalue weighted by molar-refractivity contribution is 0.238. The zero-order chi connectivity index (χ0) is 13.8. The molecule has 1 aromatic carbocycles. The summed E-state index contributed by atoms with van der Waals surface area (Å²) >= 11 is 0. The summed E-state index contributed by atoms with van der Waals surface area (Å²) in [6.07, 6.45) is 4.26. The molecule has 1 aromatic rings. The van der Waals surface area contributed by atoms with Crippen LogP contribution in [0.15, 0.2) is 30.4 Å². The molecule has 4 nitrogen and oxygen atoms in total. The summed E-state index contributed by atoms with van der Waals surface area (Å²) in [6, 6.07) is 2.47. The van der Waals surface area contributed by atoms with Gasteiger partial charge in [0.05, 0.1) is 0 Å². The molecule has 0 bridgehead atoms. The van der Waals surface area contributed by atoms with E-state index in [9.17, 15) is 13.6 Å². The lowest BCUT2D eigenvalue weighted by Gasteiger charge is -2.13. The average molecular weight is 268 g/mol. The largest absolute Gasteiger partial charge is 0.396 e. The van der Waals surface area contributed by atoms with E-state index in [4.69, 9.17) is 5.11 Å². The Labute approximate surface area is 109 Å². The molecule has 3 N–H and O–H groups in total. The fraction of sp³-hybridized carbons (Fsp3) is 0.308. The van der Waals surface area contributed by atoms with Gasteiger partial charge in [0.1, 0.15) is 0 Å². The molecule has 0 aromatic heterocycles. The van der Waals surface area contributed by atoms with Gasteiger partial charge in [-0.05, 0) is 18.6 Å². The number of benzene rings is 1. The van der Waals surface area contributed by atoms with E-state index in [1.807, 2.05) is 6.08 Å². The minimum Gasteiger partial charge on any atom is -0.396 e. The highest BCUT2D eigenvalue weighted by Gasteiger charge is 2.19. The smallest absolute Gasteiger partial charge is 0.319 e. The van der Waals surface area contributed by atoms with E-state index < -0.39 is 17.7 Å². The standard InChI is InChI=1S/C13H14F2N2O2/c14-11-4-3-10(6-12(11)15)17-13(19)16-9-2-1-8(5-9)7-18/h1-4,6,8-9,18H,5,7H2,(H2,16,17,19)/t8-,9+/m0/s1. The first-order valence-electron chi connectivity index (χ1n) is 5.90. The van der Waals surface area contributed by atoms with Gasteiger partial charge in [-0.2, -0.15) is 0 Å². The van der Waals surface area contributed by atoms with Gasteiger partial charge >= 0.3 is 6.03 Å². The molecule has 0 aliphatic heterocycles. The summed E-state index contributed by atoms with van der Waals surface area (Å²) in [4.78, 5) is 11.6. The van der Waals surface area contributed by atoms with Crippen LogP contribution in [0.2, 0.25) is 0 Å². The van der Waals surface area contributed by atoms with Crippen LogP contribution >= 0.6 is 0 Å². The Bertz CT molecular complexity index is 505. The Hall–Kier alpha value is -1.95. The number of aliphatic hydroxyl groups is 1. The third-order valence-corrected chi connectivity index (χ3v) is 2.90. The van der Waals surface area contributed by atoms with Crippen molar-refractivity contribution in [1.82, 2.24) is 5.32 Å². The van der Waals surface area contributed by atoms with Crippen LogP contribution in [-0.2, 0) is 0 Å².